The van der Waals surface area contributed by atoms with Crippen LogP contribution in [-0.4, -0.2) is 18.9 Å². The molecule has 5 heteroatoms. The summed E-state index contributed by atoms with van der Waals surface area (Å²) < 4.78 is 5.08. The summed E-state index contributed by atoms with van der Waals surface area (Å²) in [5, 5.41) is 0. The zero-order chi connectivity index (χ0) is 15.0. The fraction of sp³-hybridized carbons (Fsp3) is 0.467. The molecule has 0 aliphatic heterocycles. The summed E-state index contributed by atoms with van der Waals surface area (Å²) in [5.74, 6) is -0.162. The Morgan fingerprint density at radius 3 is 2.25 bits per heavy atom. The van der Waals surface area contributed by atoms with E-state index in [0.717, 1.165) is 30.6 Å². The molecule has 0 spiro atoms. The summed E-state index contributed by atoms with van der Waals surface area (Å²) in [4.78, 5) is 22.2. The highest BCUT2D eigenvalue weighted by molar-refractivity contribution is 5.81. The van der Waals surface area contributed by atoms with Gasteiger partial charge in [-0.15, -0.1) is 0 Å². The molecule has 5 nitrogen and oxygen atoms in total. The Morgan fingerprint density at radius 2 is 1.75 bits per heavy atom. The highest BCUT2D eigenvalue weighted by atomic mass is 16.5. The number of carbonyl (C=O) groups excluding carboxylic acids is 2. The van der Waals surface area contributed by atoms with Crippen molar-refractivity contribution in [1.29, 1.82) is 0 Å². The van der Waals surface area contributed by atoms with Crippen molar-refractivity contribution in [3.05, 3.63) is 29.8 Å². The second kappa shape index (κ2) is 8.19. The third-order valence-corrected chi connectivity index (χ3v) is 3.28. The number of methoxy groups -OCH3 is 1. The van der Waals surface area contributed by atoms with Gasteiger partial charge in [-0.2, -0.15) is 0 Å². The standard InChI is InChI=1S/C15H22N2O3/c1-20-12-9-7-11(8-10-12)13(15(17)19)5-3-2-4-6-14(16)18/h7-10,13H,2-6H2,1H3,(H2,16,18)(H2,17,19). The van der Waals surface area contributed by atoms with Crippen LogP contribution in [0.25, 0.3) is 0 Å². The maximum Gasteiger partial charge on any atom is 0.224 e. The average Bonchev–Trinajstić information content (AvgIpc) is 2.42. The molecule has 0 saturated heterocycles. The number of nitrogens with two attached hydrogens (primary N) is 2. The van der Waals surface area contributed by atoms with Crippen LogP contribution in [-0.2, 0) is 9.59 Å². The monoisotopic (exact) mass is 278 g/mol. The maximum atomic E-state index is 11.5. The largest absolute Gasteiger partial charge is 0.497 e. The number of hydrogen-bond donors (Lipinski definition) is 2. The number of primary amides is 2. The molecule has 2 amide bonds. The summed E-state index contributed by atoms with van der Waals surface area (Å²) in [7, 11) is 1.60. The van der Waals surface area contributed by atoms with E-state index in [-0.39, 0.29) is 17.7 Å². The average molecular weight is 278 g/mol. The molecule has 20 heavy (non-hydrogen) atoms. The summed E-state index contributed by atoms with van der Waals surface area (Å²) >= 11 is 0. The fourth-order valence-electron chi connectivity index (χ4n) is 2.13. The summed E-state index contributed by atoms with van der Waals surface area (Å²) in [6.07, 6.45) is 3.53. The zero-order valence-electron chi connectivity index (χ0n) is 11.8. The lowest BCUT2D eigenvalue weighted by Gasteiger charge is -2.14. The van der Waals surface area contributed by atoms with Crippen molar-refractivity contribution in [2.45, 2.75) is 38.0 Å². The van der Waals surface area contributed by atoms with E-state index >= 15 is 0 Å². The van der Waals surface area contributed by atoms with Gasteiger partial charge < -0.3 is 16.2 Å². The normalized spacial score (nSPS) is 11.8. The van der Waals surface area contributed by atoms with E-state index in [1.807, 2.05) is 24.3 Å². The second-order valence-electron chi connectivity index (χ2n) is 4.79. The van der Waals surface area contributed by atoms with Crippen LogP contribution in [0, 0.1) is 0 Å². The van der Waals surface area contributed by atoms with Crippen molar-refractivity contribution in [3.63, 3.8) is 0 Å². The number of rotatable bonds is 9. The third kappa shape index (κ3) is 5.30. The molecule has 0 fully saturated rings. The van der Waals surface area contributed by atoms with Gasteiger partial charge >= 0.3 is 0 Å². The Kier molecular flexibility index (Phi) is 6.56. The topological polar surface area (TPSA) is 95.4 Å². The fourth-order valence-corrected chi connectivity index (χ4v) is 2.13. The molecule has 1 rings (SSSR count). The van der Waals surface area contributed by atoms with Crippen molar-refractivity contribution in [2.24, 2.45) is 11.5 Å². The molecule has 0 saturated carbocycles. The van der Waals surface area contributed by atoms with Crippen LogP contribution >= 0.6 is 0 Å². The predicted octanol–water partition coefficient (Wildman–Crippen LogP) is 1.70. The minimum Gasteiger partial charge on any atom is -0.497 e. The van der Waals surface area contributed by atoms with Gasteiger partial charge in [0.05, 0.1) is 13.0 Å². The first-order chi connectivity index (χ1) is 9.54. The molecule has 0 heterocycles. The van der Waals surface area contributed by atoms with E-state index in [0.29, 0.717) is 12.8 Å². The van der Waals surface area contributed by atoms with E-state index in [1.165, 1.54) is 0 Å². The third-order valence-electron chi connectivity index (χ3n) is 3.28. The lowest BCUT2D eigenvalue weighted by molar-refractivity contribution is -0.120. The van der Waals surface area contributed by atoms with Gasteiger partial charge in [-0.1, -0.05) is 25.0 Å². The first-order valence-corrected chi connectivity index (χ1v) is 6.76. The Balaban J connectivity index is 2.51. The minimum atomic E-state index is -0.329. The van der Waals surface area contributed by atoms with Crippen molar-refractivity contribution >= 4 is 11.8 Å². The number of hydrogen-bond acceptors (Lipinski definition) is 3. The molecule has 1 atom stereocenters. The quantitative estimate of drug-likeness (QED) is 0.673. The van der Waals surface area contributed by atoms with E-state index in [1.54, 1.807) is 7.11 Å². The Morgan fingerprint density at radius 1 is 1.10 bits per heavy atom. The maximum absolute atomic E-state index is 11.5. The number of carbonyl (C=O) groups is 2. The van der Waals surface area contributed by atoms with E-state index in [2.05, 4.69) is 0 Å². The second-order valence-corrected chi connectivity index (χ2v) is 4.79. The molecular formula is C15H22N2O3. The highest BCUT2D eigenvalue weighted by Gasteiger charge is 2.17. The predicted molar refractivity (Wildman–Crippen MR) is 77.2 cm³/mol. The highest BCUT2D eigenvalue weighted by Crippen LogP contribution is 2.24. The smallest absolute Gasteiger partial charge is 0.224 e. The Hall–Kier alpha value is -2.04. The van der Waals surface area contributed by atoms with Crippen LogP contribution in [0.1, 0.15) is 43.6 Å². The number of amides is 2. The summed E-state index contributed by atoms with van der Waals surface area (Å²) in [5.41, 5.74) is 11.4. The van der Waals surface area contributed by atoms with E-state index < -0.39 is 0 Å². The van der Waals surface area contributed by atoms with Crippen LogP contribution in [0.15, 0.2) is 24.3 Å². The van der Waals surface area contributed by atoms with Gasteiger partial charge in [0.1, 0.15) is 5.75 Å². The molecule has 110 valence electrons. The van der Waals surface area contributed by atoms with Crippen LogP contribution in [0.4, 0.5) is 0 Å². The SMILES string of the molecule is COc1ccc(C(CCCCCC(N)=O)C(N)=O)cc1. The lowest BCUT2D eigenvalue weighted by Crippen LogP contribution is -2.21. The Labute approximate surface area is 119 Å². The molecule has 0 bridgehead atoms. The van der Waals surface area contributed by atoms with E-state index in [9.17, 15) is 9.59 Å². The van der Waals surface area contributed by atoms with Crippen LogP contribution in [0.5, 0.6) is 5.75 Å². The summed E-state index contributed by atoms with van der Waals surface area (Å²) in [6.45, 7) is 0. The molecule has 0 aromatic heterocycles. The van der Waals surface area contributed by atoms with Crippen LogP contribution in [0.2, 0.25) is 0 Å². The van der Waals surface area contributed by atoms with Gasteiger partial charge in [0.2, 0.25) is 11.8 Å². The van der Waals surface area contributed by atoms with Crippen LogP contribution < -0.4 is 16.2 Å². The molecule has 1 aromatic rings. The van der Waals surface area contributed by atoms with Gasteiger partial charge in [0, 0.05) is 6.42 Å². The molecule has 0 aliphatic rings. The zero-order valence-corrected chi connectivity index (χ0v) is 11.8. The molecule has 0 radical (unpaired) electrons. The van der Waals surface area contributed by atoms with Gasteiger partial charge in [0.15, 0.2) is 0 Å². The van der Waals surface area contributed by atoms with Crippen molar-refractivity contribution in [2.75, 3.05) is 7.11 Å². The van der Waals surface area contributed by atoms with Crippen molar-refractivity contribution in [3.8, 4) is 5.75 Å². The summed E-state index contributed by atoms with van der Waals surface area (Å²) in [6, 6.07) is 7.35. The Bertz CT molecular complexity index is 443. The van der Waals surface area contributed by atoms with Crippen molar-refractivity contribution < 1.29 is 14.3 Å². The van der Waals surface area contributed by atoms with Gasteiger partial charge in [-0.3, -0.25) is 9.59 Å². The van der Waals surface area contributed by atoms with E-state index in [4.69, 9.17) is 16.2 Å². The lowest BCUT2D eigenvalue weighted by atomic mass is 9.92. The number of benzene rings is 1. The van der Waals surface area contributed by atoms with Gasteiger partial charge in [-0.25, -0.2) is 0 Å². The molecule has 1 unspecified atom stereocenters. The van der Waals surface area contributed by atoms with Gasteiger partial charge in [0.25, 0.3) is 0 Å². The van der Waals surface area contributed by atoms with Crippen LogP contribution in [0.3, 0.4) is 0 Å². The van der Waals surface area contributed by atoms with Gasteiger partial charge in [-0.05, 0) is 30.5 Å². The molecular weight excluding hydrogens is 256 g/mol. The van der Waals surface area contributed by atoms with Crippen molar-refractivity contribution in [1.82, 2.24) is 0 Å². The minimum absolute atomic E-state index is 0.286. The first kappa shape index (κ1) is 16.0. The molecule has 1 aromatic carbocycles. The molecule has 4 N–H and O–H groups in total. The number of unbranched alkanes of at least 4 members (excludes halogenated alkanes) is 2. The number of ether oxygens (including phenoxy) is 1. The molecule has 0 aliphatic carbocycles. The first-order valence-electron chi connectivity index (χ1n) is 6.76.